The molecule has 1 saturated heterocycles. The molecule has 3 rings (SSSR count). The van der Waals surface area contributed by atoms with Gasteiger partial charge in [-0.05, 0) is 42.7 Å². The minimum atomic E-state index is -3.85. The van der Waals surface area contributed by atoms with Crippen LogP contribution in [0, 0.1) is 6.92 Å². The summed E-state index contributed by atoms with van der Waals surface area (Å²) in [5, 5.41) is -0.143. The molecule has 1 aliphatic rings. The van der Waals surface area contributed by atoms with Crippen molar-refractivity contribution in [2.75, 3.05) is 18.8 Å². The summed E-state index contributed by atoms with van der Waals surface area (Å²) in [6, 6.07) is 11.4. The molecule has 1 fully saturated rings. The minimum Gasteiger partial charge on any atom is -0.228 e. The highest BCUT2D eigenvalue weighted by Gasteiger charge is 2.36. The van der Waals surface area contributed by atoms with Gasteiger partial charge < -0.3 is 0 Å². The van der Waals surface area contributed by atoms with E-state index < -0.39 is 25.1 Å². The predicted octanol–water partition coefficient (Wildman–Crippen LogP) is 3.85. The van der Waals surface area contributed by atoms with Crippen molar-refractivity contribution < 1.29 is 16.8 Å². The highest BCUT2D eigenvalue weighted by atomic mass is 35.5. The Hall–Kier alpha value is -1.12. The summed E-state index contributed by atoms with van der Waals surface area (Å²) in [5.74, 6) is -0.262. The van der Waals surface area contributed by atoms with Crippen LogP contribution >= 0.6 is 23.2 Å². The Balaban J connectivity index is 1.96. The summed E-state index contributed by atoms with van der Waals surface area (Å²) in [6.07, 6.45) is 0.144. The first-order chi connectivity index (χ1) is 12.6. The Morgan fingerprint density at radius 3 is 2.48 bits per heavy atom. The van der Waals surface area contributed by atoms with E-state index in [1.165, 1.54) is 10.4 Å². The van der Waals surface area contributed by atoms with Crippen LogP contribution in [0.25, 0.3) is 0 Å². The van der Waals surface area contributed by atoms with Crippen molar-refractivity contribution >= 4 is 43.1 Å². The molecule has 0 N–H and O–H groups in total. The van der Waals surface area contributed by atoms with E-state index in [0.29, 0.717) is 21.2 Å². The Kier molecular flexibility index (Phi) is 5.89. The van der Waals surface area contributed by atoms with Gasteiger partial charge in [0.2, 0.25) is 10.0 Å². The van der Waals surface area contributed by atoms with E-state index in [4.69, 9.17) is 23.2 Å². The maximum absolute atomic E-state index is 13.1. The third kappa shape index (κ3) is 4.17. The molecule has 1 atom stereocenters. The van der Waals surface area contributed by atoms with Crippen molar-refractivity contribution in [2.24, 2.45) is 0 Å². The van der Waals surface area contributed by atoms with E-state index in [1.54, 1.807) is 43.3 Å². The molecule has 0 spiro atoms. The fraction of sp³-hybridized carbons (Fsp3) is 0.333. The van der Waals surface area contributed by atoms with Gasteiger partial charge in [0.15, 0.2) is 9.84 Å². The largest absolute Gasteiger partial charge is 0.243 e. The number of rotatable bonds is 3. The van der Waals surface area contributed by atoms with Gasteiger partial charge in [0.1, 0.15) is 0 Å². The van der Waals surface area contributed by atoms with Gasteiger partial charge in [-0.2, -0.15) is 4.31 Å². The number of nitrogens with zero attached hydrogens (tertiary/aromatic N) is 1. The van der Waals surface area contributed by atoms with Gasteiger partial charge in [0.05, 0.1) is 15.9 Å². The molecule has 27 heavy (non-hydrogen) atoms. The SMILES string of the molecule is Cc1ccc(Cl)cc1S(=O)(=O)N1CC[C@H](c2ccccc2Cl)S(=O)(=O)CC1. The molecule has 0 aromatic heterocycles. The quantitative estimate of drug-likeness (QED) is 0.715. The number of sulfonamides is 1. The van der Waals surface area contributed by atoms with Crippen LogP contribution in [0.3, 0.4) is 0 Å². The molecule has 9 heteroatoms. The molecule has 2 aromatic carbocycles. The van der Waals surface area contributed by atoms with Gasteiger partial charge in [-0.15, -0.1) is 0 Å². The first kappa shape index (κ1) is 20.6. The molecule has 0 amide bonds. The smallest absolute Gasteiger partial charge is 0.228 e. The lowest BCUT2D eigenvalue weighted by molar-refractivity contribution is 0.427. The fourth-order valence-electron chi connectivity index (χ4n) is 3.24. The highest BCUT2D eigenvalue weighted by Crippen LogP contribution is 2.35. The zero-order valence-corrected chi connectivity index (χ0v) is 17.7. The molecule has 146 valence electrons. The summed E-state index contributed by atoms with van der Waals surface area (Å²) in [6.45, 7) is 1.67. The van der Waals surface area contributed by atoms with Crippen molar-refractivity contribution in [3.05, 3.63) is 63.6 Å². The number of hydrogen-bond acceptors (Lipinski definition) is 4. The third-order valence-corrected chi connectivity index (χ3v) is 9.45. The van der Waals surface area contributed by atoms with Crippen molar-refractivity contribution in [2.45, 2.75) is 23.5 Å². The van der Waals surface area contributed by atoms with E-state index in [-0.39, 0.29) is 30.2 Å². The van der Waals surface area contributed by atoms with Gasteiger partial charge in [0, 0.05) is 23.1 Å². The molecular formula is C18H19Cl2NO4S2. The van der Waals surface area contributed by atoms with E-state index in [9.17, 15) is 16.8 Å². The zero-order valence-electron chi connectivity index (χ0n) is 14.6. The van der Waals surface area contributed by atoms with Crippen LogP contribution in [-0.2, 0) is 19.9 Å². The van der Waals surface area contributed by atoms with E-state index in [0.717, 1.165) is 0 Å². The molecule has 0 saturated carbocycles. The van der Waals surface area contributed by atoms with Crippen LogP contribution < -0.4 is 0 Å². The van der Waals surface area contributed by atoms with Crippen LogP contribution in [0.15, 0.2) is 47.4 Å². The lowest BCUT2D eigenvalue weighted by atomic mass is 10.1. The zero-order chi connectivity index (χ0) is 19.8. The number of halogens is 2. The van der Waals surface area contributed by atoms with Gasteiger partial charge in [-0.25, -0.2) is 16.8 Å². The molecule has 0 unspecified atom stereocenters. The van der Waals surface area contributed by atoms with Gasteiger partial charge in [-0.1, -0.05) is 47.5 Å². The molecule has 0 bridgehead atoms. The number of sulfone groups is 1. The van der Waals surface area contributed by atoms with E-state index in [1.807, 2.05) is 0 Å². The normalized spacial score (nSPS) is 20.9. The lowest BCUT2D eigenvalue weighted by Gasteiger charge is -2.21. The summed E-state index contributed by atoms with van der Waals surface area (Å²) in [7, 11) is -7.40. The Labute approximate surface area is 169 Å². The van der Waals surface area contributed by atoms with E-state index >= 15 is 0 Å². The van der Waals surface area contributed by atoms with Crippen LogP contribution in [-0.4, -0.2) is 40.0 Å². The standard InChI is InChI=1S/C18H19Cl2NO4S2/c1-13-6-7-14(19)12-18(13)27(24,25)21-9-8-17(26(22,23)11-10-21)15-4-2-3-5-16(15)20/h2-7,12,17H,8-11H2,1H3/t17-/m1/s1. The van der Waals surface area contributed by atoms with Crippen molar-refractivity contribution in [3.8, 4) is 0 Å². The average Bonchev–Trinajstić information content (AvgIpc) is 2.76. The van der Waals surface area contributed by atoms with Crippen LogP contribution in [0.4, 0.5) is 0 Å². The lowest BCUT2D eigenvalue weighted by Crippen LogP contribution is -2.34. The molecule has 1 heterocycles. The van der Waals surface area contributed by atoms with Crippen LogP contribution in [0.1, 0.15) is 22.8 Å². The minimum absolute atomic E-state index is 0.0867. The number of benzene rings is 2. The second kappa shape index (κ2) is 7.72. The summed E-state index contributed by atoms with van der Waals surface area (Å²) in [5.41, 5.74) is 1.08. The number of hydrogen-bond donors (Lipinski definition) is 0. The second-order valence-electron chi connectivity index (χ2n) is 6.48. The molecule has 0 radical (unpaired) electrons. The van der Waals surface area contributed by atoms with Gasteiger partial charge >= 0.3 is 0 Å². The molecule has 1 aliphatic heterocycles. The van der Waals surface area contributed by atoms with Gasteiger partial charge in [-0.3, -0.25) is 0 Å². The second-order valence-corrected chi connectivity index (χ2v) is 11.5. The van der Waals surface area contributed by atoms with Crippen molar-refractivity contribution in [1.29, 1.82) is 0 Å². The van der Waals surface area contributed by atoms with Crippen molar-refractivity contribution in [1.82, 2.24) is 4.31 Å². The molecular weight excluding hydrogens is 429 g/mol. The average molecular weight is 448 g/mol. The summed E-state index contributed by atoms with van der Waals surface area (Å²) in [4.78, 5) is 0.101. The molecule has 5 nitrogen and oxygen atoms in total. The Morgan fingerprint density at radius 2 is 1.78 bits per heavy atom. The third-order valence-electron chi connectivity index (χ3n) is 4.72. The fourth-order valence-corrected chi connectivity index (χ4v) is 7.45. The first-order valence-corrected chi connectivity index (χ1v) is 12.3. The Morgan fingerprint density at radius 1 is 1.07 bits per heavy atom. The predicted molar refractivity (Wildman–Crippen MR) is 108 cm³/mol. The highest BCUT2D eigenvalue weighted by molar-refractivity contribution is 7.92. The van der Waals surface area contributed by atoms with Crippen LogP contribution in [0.5, 0.6) is 0 Å². The summed E-state index contributed by atoms with van der Waals surface area (Å²) >= 11 is 12.2. The maximum atomic E-state index is 13.1. The maximum Gasteiger partial charge on any atom is 0.243 e. The number of aryl methyl sites for hydroxylation is 1. The first-order valence-electron chi connectivity index (χ1n) is 8.35. The summed E-state index contributed by atoms with van der Waals surface area (Å²) < 4.78 is 53.0. The molecule has 2 aromatic rings. The molecule has 0 aliphatic carbocycles. The monoisotopic (exact) mass is 447 g/mol. The van der Waals surface area contributed by atoms with Crippen LogP contribution in [0.2, 0.25) is 10.0 Å². The van der Waals surface area contributed by atoms with E-state index in [2.05, 4.69) is 0 Å². The Bertz CT molecular complexity index is 1070. The topological polar surface area (TPSA) is 71.5 Å². The van der Waals surface area contributed by atoms with Crippen molar-refractivity contribution in [3.63, 3.8) is 0 Å². The van der Waals surface area contributed by atoms with Gasteiger partial charge in [0.25, 0.3) is 0 Å².